The molecule has 2 N–H and O–H groups in total. The lowest BCUT2D eigenvalue weighted by molar-refractivity contribution is -0.118. The SMILES string of the molecule is CCOc1ccc(-n2c(C)c(C)n3c4c(=O)n(CC(N)=O)c(=O)n(C)c4nc23)cc1. The molecule has 3 aromatic heterocycles. The van der Waals surface area contributed by atoms with Crippen molar-refractivity contribution >= 4 is 22.8 Å². The van der Waals surface area contributed by atoms with Gasteiger partial charge in [-0.3, -0.25) is 23.1 Å². The summed E-state index contributed by atoms with van der Waals surface area (Å²) in [7, 11) is 1.51. The van der Waals surface area contributed by atoms with Gasteiger partial charge in [0.1, 0.15) is 12.3 Å². The molecule has 1 aromatic carbocycles. The van der Waals surface area contributed by atoms with Crippen molar-refractivity contribution in [2.45, 2.75) is 27.3 Å². The zero-order chi connectivity index (χ0) is 21.7. The van der Waals surface area contributed by atoms with Crippen LogP contribution in [0.25, 0.3) is 22.6 Å². The van der Waals surface area contributed by atoms with Crippen molar-refractivity contribution in [3.63, 3.8) is 0 Å². The molecule has 0 aliphatic heterocycles. The number of imidazole rings is 2. The second-order valence-corrected chi connectivity index (χ2v) is 7.05. The fraction of sp³-hybridized carbons (Fsp3) is 0.300. The fourth-order valence-corrected chi connectivity index (χ4v) is 3.71. The molecule has 4 aromatic rings. The predicted octanol–water partition coefficient (Wildman–Crippen LogP) is 0.639. The van der Waals surface area contributed by atoms with Gasteiger partial charge in [0.05, 0.1) is 6.61 Å². The van der Waals surface area contributed by atoms with Crippen LogP contribution in [0.4, 0.5) is 0 Å². The molecule has 0 aliphatic rings. The standard InChI is InChI=1S/C20H22N6O4/c1-5-30-14-8-6-13(7-9-14)25-11(2)12(3)26-16-17(22-19(25)26)23(4)20(29)24(18(16)28)10-15(21)27/h6-9H,5,10H2,1-4H3,(H2,21,27). The second-order valence-electron chi connectivity index (χ2n) is 7.05. The van der Waals surface area contributed by atoms with Gasteiger partial charge in [-0.1, -0.05) is 0 Å². The minimum atomic E-state index is -0.769. The van der Waals surface area contributed by atoms with E-state index in [0.717, 1.165) is 27.4 Å². The maximum absolute atomic E-state index is 13.1. The molecular weight excluding hydrogens is 388 g/mol. The number of amides is 1. The highest BCUT2D eigenvalue weighted by molar-refractivity contribution is 5.78. The maximum Gasteiger partial charge on any atom is 0.332 e. The molecule has 0 radical (unpaired) electrons. The Hall–Kier alpha value is -3.82. The van der Waals surface area contributed by atoms with E-state index in [1.54, 1.807) is 4.40 Å². The van der Waals surface area contributed by atoms with E-state index < -0.39 is 23.7 Å². The monoisotopic (exact) mass is 410 g/mol. The minimum absolute atomic E-state index is 0.221. The van der Waals surface area contributed by atoms with Crippen LogP contribution >= 0.6 is 0 Å². The van der Waals surface area contributed by atoms with Crippen LogP contribution in [0, 0.1) is 13.8 Å². The summed E-state index contributed by atoms with van der Waals surface area (Å²) in [5.74, 6) is 0.478. The summed E-state index contributed by atoms with van der Waals surface area (Å²) >= 11 is 0. The lowest BCUT2D eigenvalue weighted by Gasteiger charge is -2.08. The number of carbonyl (C=O) groups excluding carboxylic acids is 1. The first kappa shape index (κ1) is 19.5. The van der Waals surface area contributed by atoms with Crippen molar-refractivity contribution in [3.8, 4) is 11.4 Å². The summed E-state index contributed by atoms with van der Waals surface area (Å²) in [5, 5.41) is 0. The van der Waals surface area contributed by atoms with Crippen molar-refractivity contribution in [2.75, 3.05) is 6.61 Å². The number of rotatable bonds is 5. The number of ether oxygens (including phenoxy) is 1. The van der Waals surface area contributed by atoms with E-state index in [9.17, 15) is 14.4 Å². The average Bonchev–Trinajstić information content (AvgIpc) is 3.20. The summed E-state index contributed by atoms with van der Waals surface area (Å²) in [6.45, 7) is 5.80. The van der Waals surface area contributed by atoms with E-state index in [2.05, 4.69) is 4.98 Å². The number of primary amides is 1. The molecule has 0 atom stereocenters. The number of aryl methyl sites for hydroxylation is 2. The zero-order valence-corrected chi connectivity index (χ0v) is 17.2. The van der Waals surface area contributed by atoms with Gasteiger partial charge in [0, 0.05) is 24.1 Å². The van der Waals surface area contributed by atoms with Gasteiger partial charge < -0.3 is 10.5 Å². The Balaban J connectivity index is 2.07. The highest BCUT2D eigenvalue weighted by Gasteiger charge is 2.23. The molecule has 30 heavy (non-hydrogen) atoms. The van der Waals surface area contributed by atoms with Crippen molar-refractivity contribution in [3.05, 3.63) is 56.5 Å². The van der Waals surface area contributed by atoms with Crippen molar-refractivity contribution < 1.29 is 9.53 Å². The Labute approximate surface area is 170 Å². The number of hydrogen-bond donors (Lipinski definition) is 1. The number of nitrogens with two attached hydrogens (primary N) is 1. The van der Waals surface area contributed by atoms with Crippen LogP contribution in [0.15, 0.2) is 33.9 Å². The van der Waals surface area contributed by atoms with E-state index >= 15 is 0 Å². The Kier molecular flexibility index (Phi) is 4.49. The topological polar surface area (TPSA) is 119 Å². The summed E-state index contributed by atoms with van der Waals surface area (Å²) in [6, 6.07) is 7.53. The Morgan fingerprint density at radius 1 is 1.13 bits per heavy atom. The Morgan fingerprint density at radius 2 is 1.80 bits per heavy atom. The van der Waals surface area contributed by atoms with Gasteiger partial charge in [-0.05, 0) is 45.0 Å². The molecule has 0 fully saturated rings. The van der Waals surface area contributed by atoms with Crippen LogP contribution in [-0.2, 0) is 18.4 Å². The summed E-state index contributed by atoms with van der Waals surface area (Å²) in [6.07, 6.45) is 0. The number of fused-ring (bicyclic) bond motifs is 3. The highest BCUT2D eigenvalue weighted by Crippen LogP contribution is 2.25. The molecule has 0 saturated heterocycles. The van der Waals surface area contributed by atoms with Gasteiger partial charge in [0.15, 0.2) is 11.2 Å². The largest absolute Gasteiger partial charge is 0.494 e. The Bertz CT molecular complexity index is 1420. The fourth-order valence-electron chi connectivity index (χ4n) is 3.71. The number of nitrogens with zero attached hydrogens (tertiary/aromatic N) is 5. The lowest BCUT2D eigenvalue weighted by atomic mass is 10.3. The van der Waals surface area contributed by atoms with Crippen molar-refractivity contribution in [1.82, 2.24) is 23.1 Å². The van der Waals surface area contributed by atoms with Crippen LogP contribution in [0.1, 0.15) is 18.3 Å². The molecule has 4 rings (SSSR count). The number of benzene rings is 1. The molecule has 0 saturated carbocycles. The number of aromatic nitrogens is 5. The zero-order valence-electron chi connectivity index (χ0n) is 17.2. The van der Waals surface area contributed by atoms with Crippen molar-refractivity contribution in [1.29, 1.82) is 0 Å². The number of carbonyl (C=O) groups is 1. The third-order valence-electron chi connectivity index (χ3n) is 5.24. The maximum atomic E-state index is 13.1. The van der Waals surface area contributed by atoms with Gasteiger partial charge in [-0.2, -0.15) is 4.98 Å². The van der Waals surface area contributed by atoms with Gasteiger partial charge >= 0.3 is 5.69 Å². The first-order chi connectivity index (χ1) is 14.3. The average molecular weight is 410 g/mol. The van der Waals surface area contributed by atoms with Crippen LogP contribution in [0.5, 0.6) is 5.75 Å². The molecule has 0 unspecified atom stereocenters. The highest BCUT2D eigenvalue weighted by atomic mass is 16.5. The van der Waals surface area contributed by atoms with Gasteiger partial charge in [0.2, 0.25) is 11.7 Å². The van der Waals surface area contributed by atoms with Crippen LogP contribution in [-0.4, -0.2) is 35.6 Å². The molecule has 10 nitrogen and oxygen atoms in total. The van der Waals surface area contributed by atoms with Crippen LogP contribution in [0.3, 0.4) is 0 Å². The molecular formula is C20H22N6O4. The summed E-state index contributed by atoms with van der Waals surface area (Å²) in [5.41, 5.74) is 6.96. The van der Waals surface area contributed by atoms with E-state index in [1.165, 1.54) is 11.6 Å². The second kappa shape index (κ2) is 6.90. The normalized spacial score (nSPS) is 11.5. The van der Waals surface area contributed by atoms with E-state index in [0.29, 0.717) is 12.4 Å². The third-order valence-corrected chi connectivity index (χ3v) is 5.24. The van der Waals surface area contributed by atoms with Gasteiger partial charge in [-0.25, -0.2) is 9.36 Å². The quantitative estimate of drug-likeness (QED) is 0.518. The van der Waals surface area contributed by atoms with E-state index in [1.807, 2.05) is 49.6 Å². The molecule has 10 heteroatoms. The molecule has 0 spiro atoms. The molecule has 156 valence electrons. The first-order valence-corrected chi connectivity index (χ1v) is 9.47. The van der Waals surface area contributed by atoms with Crippen molar-refractivity contribution in [2.24, 2.45) is 12.8 Å². The van der Waals surface area contributed by atoms with Crippen LogP contribution in [0.2, 0.25) is 0 Å². The Morgan fingerprint density at radius 3 is 2.40 bits per heavy atom. The summed E-state index contributed by atoms with van der Waals surface area (Å²) < 4.78 is 11.2. The predicted molar refractivity (Wildman–Crippen MR) is 111 cm³/mol. The third kappa shape index (κ3) is 2.71. The lowest BCUT2D eigenvalue weighted by Crippen LogP contribution is -2.42. The van der Waals surface area contributed by atoms with Gasteiger partial charge in [0.25, 0.3) is 5.56 Å². The van der Waals surface area contributed by atoms with Crippen LogP contribution < -0.4 is 21.7 Å². The minimum Gasteiger partial charge on any atom is -0.494 e. The molecule has 0 bridgehead atoms. The molecule has 0 aliphatic carbocycles. The summed E-state index contributed by atoms with van der Waals surface area (Å²) in [4.78, 5) is 41.7. The smallest absolute Gasteiger partial charge is 0.332 e. The van der Waals surface area contributed by atoms with E-state index in [4.69, 9.17) is 10.5 Å². The number of hydrogen-bond acceptors (Lipinski definition) is 5. The molecule has 3 heterocycles. The molecule has 1 amide bonds. The first-order valence-electron chi connectivity index (χ1n) is 9.47. The van der Waals surface area contributed by atoms with Gasteiger partial charge in [-0.15, -0.1) is 0 Å². The van der Waals surface area contributed by atoms with E-state index in [-0.39, 0.29) is 11.2 Å².